The third kappa shape index (κ3) is 2.70. The van der Waals surface area contributed by atoms with Crippen LogP contribution in [0.4, 0.5) is 0 Å². The highest BCUT2D eigenvalue weighted by Crippen LogP contribution is 2.24. The van der Waals surface area contributed by atoms with Crippen molar-refractivity contribution in [2.45, 2.75) is 0 Å². The maximum absolute atomic E-state index is 11.5. The maximum atomic E-state index is 11.5. The van der Waals surface area contributed by atoms with Gasteiger partial charge in [-0.1, -0.05) is 72.8 Å². The second-order valence-corrected chi connectivity index (χ2v) is 4.78. The molecule has 0 spiro atoms. The van der Waals surface area contributed by atoms with Crippen LogP contribution in [-0.4, -0.2) is 5.97 Å². The van der Waals surface area contributed by atoms with Crippen LogP contribution >= 0.6 is 0 Å². The molecule has 0 saturated heterocycles. The number of aliphatic carboxylic acids is 1. The van der Waals surface area contributed by atoms with E-state index in [4.69, 9.17) is 0 Å². The van der Waals surface area contributed by atoms with E-state index in [2.05, 4.69) is 0 Å². The van der Waals surface area contributed by atoms with E-state index < -0.39 is 5.97 Å². The number of hydrogen-bond acceptors (Lipinski definition) is 2. The average Bonchev–Trinajstić information content (AvgIpc) is 2.53. The van der Waals surface area contributed by atoms with E-state index in [0.717, 1.165) is 16.3 Å². The summed E-state index contributed by atoms with van der Waals surface area (Å²) in [5.41, 5.74) is 1.70. The predicted octanol–water partition coefficient (Wildman–Crippen LogP) is 3.13. The van der Waals surface area contributed by atoms with E-state index >= 15 is 0 Å². The lowest BCUT2D eigenvalue weighted by molar-refractivity contribution is -0.295. The molecule has 0 aromatic heterocycles. The summed E-state index contributed by atoms with van der Waals surface area (Å²) in [6.07, 6.45) is 1.67. The standard InChI is InChI=1S/C19H14O2/c20-19(21)18(15-7-2-1-3-8-15)13-16-11-6-10-14-9-4-5-12-17(14)16/h1-13H,(H,20,21)/p-1/b18-13+. The summed E-state index contributed by atoms with van der Waals surface area (Å²) in [6, 6.07) is 22.8. The van der Waals surface area contributed by atoms with Crippen LogP contribution in [0.25, 0.3) is 22.4 Å². The number of benzene rings is 3. The maximum Gasteiger partial charge on any atom is 0.0721 e. The van der Waals surface area contributed by atoms with Crippen molar-refractivity contribution in [3.8, 4) is 0 Å². The summed E-state index contributed by atoms with van der Waals surface area (Å²) in [6.45, 7) is 0. The second-order valence-electron chi connectivity index (χ2n) is 4.78. The van der Waals surface area contributed by atoms with Gasteiger partial charge in [-0.3, -0.25) is 0 Å². The van der Waals surface area contributed by atoms with Crippen molar-refractivity contribution >= 4 is 28.4 Å². The van der Waals surface area contributed by atoms with Gasteiger partial charge >= 0.3 is 0 Å². The number of carbonyl (C=O) groups excluding carboxylic acids is 1. The van der Waals surface area contributed by atoms with E-state index in [9.17, 15) is 9.90 Å². The Morgan fingerprint density at radius 2 is 1.48 bits per heavy atom. The van der Waals surface area contributed by atoms with Gasteiger partial charge in [0.05, 0.1) is 5.97 Å². The Morgan fingerprint density at radius 1 is 0.810 bits per heavy atom. The average molecular weight is 273 g/mol. The molecule has 0 aliphatic carbocycles. The van der Waals surface area contributed by atoms with Crippen LogP contribution in [0, 0.1) is 0 Å². The zero-order valence-electron chi connectivity index (χ0n) is 11.3. The van der Waals surface area contributed by atoms with Gasteiger partial charge in [-0.15, -0.1) is 0 Å². The molecular weight excluding hydrogens is 260 g/mol. The van der Waals surface area contributed by atoms with E-state index in [-0.39, 0.29) is 5.57 Å². The first-order chi connectivity index (χ1) is 10.3. The van der Waals surface area contributed by atoms with Crippen molar-refractivity contribution in [2.24, 2.45) is 0 Å². The van der Waals surface area contributed by atoms with Crippen LogP contribution in [0.2, 0.25) is 0 Å². The molecule has 0 N–H and O–H groups in total. The summed E-state index contributed by atoms with van der Waals surface area (Å²) in [5, 5.41) is 13.6. The van der Waals surface area contributed by atoms with Gasteiger partial charge in [0, 0.05) is 5.57 Å². The first-order valence-corrected chi connectivity index (χ1v) is 6.72. The number of rotatable bonds is 3. The third-order valence-corrected chi connectivity index (χ3v) is 3.43. The highest BCUT2D eigenvalue weighted by molar-refractivity contribution is 6.20. The first-order valence-electron chi connectivity index (χ1n) is 6.72. The monoisotopic (exact) mass is 273 g/mol. The molecular formula is C19H13O2-. The van der Waals surface area contributed by atoms with Crippen molar-refractivity contribution in [1.82, 2.24) is 0 Å². The molecule has 0 aliphatic rings. The Balaban J connectivity index is 2.19. The first kappa shape index (κ1) is 13.1. The Hall–Kier alpha value is -2.87. The Labute approximate surface area is 123 Å². The van der Waals surface area contributed by atoms with Gasteiger partial charge in [-0.2, -0.15) is 0 Å². The van der Waals surface area contributed by atoms with Crippen LogP contribution < -0.4 is 5.11 Å². The lowest BCUT2D eigenvalue weighted by Gasteiger charge is -2.10. The zero-order valence-corrected chi connectivity index (χ0v) is 11.3. The molecule has 0 atom stereocenters. The molecule has 0 bridgehead atoms. The molecule has 3 rings (SSSR count). The Morgan fingerprint density at radius 3 is 2.24 bits per heavy atom. The fraction of sp³-hybridized carbons (Fsp3) is 0. The summed E-state index contributed by atoms with van der Waals surface area (Å²) in [7, 11) is 0. The number of fused-ring (bicyclic) bond motifs is 1. The van der Waals surface area contributed by atoms with Crippen LogP contribution in [0.3, 0.4) is 0 Å². The van der Waals surface area contributed by atoms with Crippen LogP contribution in [0.1, 0.15) is 11.1 Å². The SMILES string of the molecule is O=C([O-])/C(=C/c1cccc2ccccc12)c1ccccc1. The highest BCUT2D eigenvalue weighted by atomic mass is 16.4. The molecule has 3 aromatic rings. The van der Waals surface area contributed by atoms with Crippen LogP contribution in [0.15, 0.2) is 72.8 Å². The predicted molar refractivity (Wildman–Crippen MR) is 83.3 cm³/mol. The van der Waals surface area contributed by atoms with Crippen molar-refractivity contribution in [1.29, 1.82) is 0 Å². The van der Waals surface area contributed by atoms with E-state index in [1.165, 1.54) is 0 Å². The van der Waals surface area contributed by atoms with Crippen molar-refractivity contribution in [3.05, 3.63) is 83.9 Å². The lowest BCUT2D eigenvalue weighted by atomic mass is 9.99. The third-order valence-electron chi connectivity index (χ3n) is 3.43. The molecule has 2 heteroatoms. The van der Waals surface area contributed by atoms with Gasteiger partial charge in [-0.25, -0.2) is 0 Å². The van der Waals surface area contributed by atoms with Crippen molar-refractivity contribution in [3.63, 3.8) is 0 Å². The molecule has 21 heavy (non-hydrogen) atoms. The molecule has 2 nitrogen and oxygen atoms in total. The fourth-order valence-corrected chi connectivity index (χ4v) is 2.41. The van der Waals surface area contributed by atoms with Crippen molar-refractivity contribution < 1.29 is 9.90 Å². The van der Waals surface area contributed by atoms with Crippen LogP contribution in [-0.2, 0) is 4.79 Å². The molecule has 102 valence electrons. The smallest absolute Gasteiger partial charge is 0.0721 e. The molecule has 0 heterocycles. The summed E-state index contributed by atoms with van der Waals surface area (Å²) in [4.78, 5) is 11.5. The number of carbonyl (C=O) groups is 1. The van der Waals surface area contributed by atoms with Gasteiger partial charge in [0.15, 0.2) is 0 Å². The molecule has 0 aliphatic heterocycles. The minimum absolute atomic E-state index is 0.187. The zero-order chi connectivity index (χ0) is 14.7. The van der Waals surface area contributed by atoms with Crippen molar-refractivity contribution in [2.75, 3.05) is 0 Å². The molecule has 0 radical (unpaired) electrons. The minimum Gasteiger partial charge on any atom is -0.545 e. The summed E-state index contributed by atoms with van der Waals surface area (Å²) >= 11 is 0. The van der Waals surface area contributed by atoms with E-state index in [0.29, 0.717) is 5.56 Å². The van der Waals surface area contributed by atoms with Crippen LogP contribution in [0.5, 0.6) is 0 Å². The minimum atomic E-state index is -1.17. The van der Waals surface area contributed by atoms with Gasteiger partial charge in [0.1, 0.15) is 0 Å². The van der Waals surface area contributed by atoms with E-state index in [1.807, 2.05) is 60.7 Å². The molecule has 0 saturated carbocycles. The van der Waals surface area contributed by atoms with Gasteiger partial charge in [-0.05, 0) is 28.0 Å². The molecule has 0 fully saturated rings. The summed E-state index contributed by atoms with van der Waals surface area (Å²) < 4.78 is 0. The molecule has 0 unspecified atom stereocenters. The van der Waals surface area contributed by atoms with Gasteiger partial charge < -0.3 is 9.90 Å². The van der Waals surface area contributed by atoms with Gasteiger partial charge in [0.25, 0.3) is 0 Å². The largest absolute Gasteiger partial charge is 0.545 e. The topological polar surface area (TPSA) is 40.1 Å². The molecule has 0 amide bonds. The quantitative estimate of drug-likeness (QED) is 0.543. The lowest BCUT2D eigenvalue weighted by Crippen LogP contribution is -2.23. The summed E-state index contributed by atoms with van der Waals surface area (Å²) in [5.74, 6) is -1.17. The van der Waals surface area contributed by atoms with E-state index in [1.54, 1.807) is 18.2 Å². The normalized spacial score (nSPS) is 11.5. The number of hydrogen-bond donors (Lipinski definition) is 0. The number of carboxylic acids is 1. The highest BCUT2D eigenvalue weighted by Gasteiger charge is 2.04. The Bertz CT molecular complexity index is 812. The second kappa shape index (κ2) is 5.63. The Kier molecular flexibility index (Phi) is 3.52. The van der Waals surface area contributed by atoms with Gasteiger partial charge in [0.2, 0.25) is 0 Å². The number of carboxylic acid groups (broad SMARTS) is 1. The molecule has 3 aromatic carbocycles. The fourth-order valence-electron chi connectivity index (χ4n) is 2.41.